The molecule has 1 saturated heterocycles. The molecule has 0 aromatic heterocycles. The minimum absolute atomic E-state index is 0.785. The van der Waals surface area contributed by atoms with Crippen LogP contribution in [0.4, 0.5) is 0 Å². The summed E-state index contributed by atoms with van der Waals surface area (Å²) in [5.41, 5.74) is 0. The second kappa shape index (κ2) is 6.90. The molecule has 0 amide bonds. The van der Waals surface area contributed by atoms with Crippen LogP contribution < -0.4 is 5.32 Å². The summed E-state index contributed by atoms with van der Waals surface area (Å²) in [5, 5.41) is 3.80. The van der Waals surface area contributed by atoms with Gasteiger partial charge in [0.25, 0.3) is 0 Å². The summed E-state index contributed by atoms with van der Waals surface area (Å²) in [4.78, 5) is 2.75. The van der Waals surface area contributed by atoms with Gasteiger partial charge >= 0.3 is 0 Å². The average molecular weight is 262 g/mol. The molecule has 2 heteroatoms. The van der Waals surface area contributed by atoms with Gasteiger partial charge in [-0.3, -0.25) is 0 Å². The highest BCUT2D eigenvalue weighted by molar-refractivity contribution is 4.92. The number of nitrogens with zero attached hydrogens (tertiary/aromatic N) is 1. The van der Waals surface area contributed by atoms with E-state index in [9.17, 15) is 0 Å². The predicted octanol–water partition coefficient (Wildman–Crippen LogP) is 3.20. The molecule has 3 rings (SSSR count). The Bertz CT molecular complexity index is 294. The zero-order chi connectivity index (χ0) is 12.9. The van der Waals surface area contributed by atoms with Crippen LogP contribution in [0.5, 0.6) is 0 Å². The third-order valence-electron chi connectivity index (χ3n) is 5.40. The molecule has 1 N–H and O–H groups in total. The first-order chi connectivity index (χ1) is 9.42. The summed E-state index contributed by atoms with van der Waals surface area (Å²) in [7, 11) is 0. The van der Waals surface area contributed by atoms with Crippen LogP contribution in [-0.4, -0.2) is 37.1 Å². The van der Waals surface area contributed by atoms with Crippen LogP contribution in [0.2, 0.25) is 0 Å². The zero-order valence-corrected chi connectivity index (χ0v) is 12.3. The first-order valence-electron chi connectivity index (χ1n) is 8.52. The molecular weight excluding hydrogens is 232 g/mol. The van der Waals surface area contributed by atoms with E-state index in [2.05, 4.69) is 22.4 Å². The van der Waals surface area contributed by atoms with Gasteiger partial charge in [-0.25, -0.2) is 0 Å². The maximum absolute atomic E-state index is 3.80. The Morgan fingerprint density at radius 2 is 1.95 bits per heavy atom. The summed E-state index contributed by atoms with van der Waals surface area (Å²) >= 11 is 0. The fraction of sp³-hybridized carbons (Fsp3) is 0.882. The standard InChI is InChI=1S/C17H30N2/c1-3-7-15(8-4-1)13-19-12-11-18-17(14-19)16-9-5-2-6-10-16/h1,3,15-18H,2,4-14H2. The van der Waals surface area contributed by atoms with Crippen molar-refractivity contribution in [3.63, 3.8) is 0 Å². The van der Waals surface area contributed by atoms with Gasteiger partial charge < -0.3 is 10.2 Å². The van der Waals surface area contributed by atoms with Crippen LogP contribution in [-0.2, 0) is 0 Å². The molecule has 0 aromatic carbocycles. The van der Waals surface area contributed by atoms with E-state index in [1.54, 1.807) is 0 Å². The van der Waals surface area contributed by atoms with Gasteiger partial charge in [-0.15, -0.1) is 0 Å². The van der Waals surface area contributed by atoms with Gasteiger partial charge in [0.1, 0.15) is 0 Å². The Balaban J connectivity index is 1.48. The molecule has 3 aliphatic rings. The Morgan fingerprint density at radius 3 is 2.74 bits per heavy atom. The molecule has 108 valence electrons. The van der Waals surface area contributed by atoms with Crippen LogP contribution in [0.15, 0.2) is 12.2 Å². The van der Waals surface area contributed by atoms with Crippen molar-refractivity contribution in [2.75, 3.05) is 26.2 Å². The summed E-state index contributed by atoms with van der Waals surface area (Å²) in [6, 6.07) is 0.785. The third-order valence-corrected chi connectivity index (χ3v) is 5.40. The van der Waals surface area contributed by atoms with Gasteiger partial charge in [0.15, 0.2) is 0 Å². The van der Waals surface area contributed by atoms with Gasteiger partial charge in [-0.2, -0.15) is 0 Å². The van der Waals surface area contributed by atoms with Crippen LogP contribution in [0.1, 0.15) is 51.4 Å². The van der Waals surface area contributed by atoms with Crippen molar-refractivity contribution in [2.24, 2.45) is 11.8 Å². The van der Waals surface area contributed by atoms with Gasteiger partial charge in [-0.05, 0) is 43.9 Å². The van der Waals surface area contributed by atoms with E-state index in [-0.39, 0.29) is 0 Å². The van der Waals surface area contributed by atoms with Crippen LogP contribution in [0, 0.1) is 11.8 Å². The lowest BCUT2D eigenvalue weighted by Crippen LogP contribution is -2.54. The average Bonchev–Trinajstić information content (AvgIpc) is 2.49. The maximum atomic E-state index is 3.80. The SMILES string of the molecule is C1=CCC(CN2CCNC(C3CCCCC3)C2)CC1. The zero-order valence-electron chi connectivity index (χ0n) is 12.3. The Hall–Kier alpha value is -0.340. The molecule has 2 nitrogen and oxygen atoms in total. The van der Waals surface area contributed by atoms with Crippen molar-refractivity contribution in [1.82, 2.24) is 10.2 Å². The molecule has 2 unspecified atom stereocenters. The summed E-state index contributed by atoms with van der Waals surface area (Å²) in [5.74, 6) is 1.89. The topological polar surface area (TPSA) is 15.3 Å². The number of allylic oxidation sites excluding steroid dienone is 2. The van der Waals surface area contributed by atoms with Gasteiger partial charge in [0.2, 0.25) is 0 Å². The summed E-state index contributed by atoms with van der Waals surface area (Å²) in [6.45, 7) is 5.13. The molecule has 2 atom stereocenters. The van der Waals surface area contributed by atoms with E-state index in [0.717, 1.165) is 17.9 Å². The molecule has 0 spiro atoms. The monoisotopic (exact) mass is 262 g/mol. The quantitative estimate of drug-likeness (QED) is 0.786. The first-order valence-corrected chi connectivity index (χ1v) is 8.52. The molecule has 0 radical (unpaired) electrons. The van der Waals surface area contributed by atoms with Crippen LogP contribution >= 0.6 is 0 Å². The third kappa shape index (κ3) is 3.82. The molecule has 1 heterocycles. The van der Waals surface area contributed by atoms with E-state index in [1.807, 2.05) is 0 Å². The van der Waals surface area contributed by atoms with Crippen molar-refractivity contribution < 1.29 is 0 Å². The van der Waals surface area contributed by atoms with Gasteiger partial charge in [0, 0.05) is 32.2 Å². The Morgan fingerprint density at radius 1 is 1.05 bits per heavy atom. The van der Waals surface area contributed by atoms with E-state index in [0.29, 0.717) is 0 Å². The fourth-order valence-electron chi connectivity index (χ4n) is 4.25. The summed E-state index contributed by atoms with van der Waals surface area (Å²) < 4.78 is 0. The van der Waals surface area contributed by atoms with E-state index >= 15 is 0 Å². The smallest absolute Gasteiger partial charge is 0.0223 e. The Labute approximate surface area is 118 Å². The fourth-order valence-corrected chi connectivity index (χ4v) is 4.25. The number of piperazine rings is 1. The van der Waals surface area contributed by atoms with Crippen molar-refractivity contribution in [2.45, 2.75) is 57.4 Å². The molecule has 2 fully saturated rings. The lowest BCUT2D eigenvalue weighted by atomic mass is 9.83. The number of hydrogen-bond acceptors (Lipinski definition) is 2. The molecule has 1 aliphatic heterocycles. The van der Waals surface area contributed by atoms with Crippen molar-refractivity contribution in [3.05, 3.63) is 12.2 Å². The van der Waals surface area contributed by atoms with E-state index in [4.69, 9.17) is 0 Å². The van der Waals surface area contributed by atoms with E-state index < -0.39 is 0 Å². The van der Waals surface area contributed by atoms with Gasteiger partial charge in [-0.1, -0.05) is 31.4 Å². The highest BCUT2D eigenvalue weighted by Crippen LogP contribution is 2.28. The lowest BCUT2D eigenvalue weighted by molar-refractivity contribution is 0.128. The van der Waals surface area contributed by atoms with Crippen molar-refractivity contribution in [3.8, 4) is 0 Å². The molecule has 0 aromatic rings. The minimum Gasteiger partial charge on any atom is -0.311 e. The highest BCUT2D eigenvalue weighted by atomic mass is 15.2. The van der Waals surface area contributed by atoms with Crippen molar-refractivity contribution in [1.29, 1.82) is 0 Å². The lowest BCUT2D eigenvalue weighted by Gasteiger charge is -2.40. The number of nitrogens with one attached hydrogen (secondary N) is 1. The predicted molar refractivity (Wildman–Crippen MR) is 81.3 cm³/mol. The van der Waals surface area contributed by atoms with Gasteiger partial charge in [0.05, 0.1) is 0 Å². The largest absolute Gasteiger partial charge is 0.311 e. The molecule has 2 aliphatic carbocycles. The molecule has 19 heavy (non-hydrogen) atoms. The van der Waals surface area contributed by atoms with Crippen LogP contribution in [0.3, 0.4) is 0 Å². The highest BCUT2D eigenvalue weighted by Gasteiger charge is 2.28. The first kappa shape index (κ1) is 13.6. The number of hydrogen-bond donors (Lipinski definition) is 1. The normalized spacial score (nSPS) is 34.5. The molecule has 0 bridgehead atoms. The second-order valence-electron chi connectivity index (χ2n) is 6.87. The van der Waals surface area contributed by atoms with E-state index in [1.165, 1.54) is 77.5 Å². The second-order valence-corrected chi connectivity index (χ2v) is 6.87. The van der Waals surface area contributed by atoms with Crippen LogP contribution in [0.25, 0.3) is 0 Å². The molecule has 1 saturated carbocycles. The number of rotatable bonds is 3. The summed E-state index contributed by atoms with van der Waals surface area (Å²) in [6.07, 6.45) is 16.1. The Kier molecular flexibility index (Phi) is 4.95. The molecular formula is C17H30N2. The minimum atomic E-state index is 0.785. The maximum Gasteiger partial charge on any atom is 0.0223 e. The van der Waals surface area contributed by atoms with Crippen molar-refractivity contribution >= 4 is 0 Å².